The van der Waals surface area contributed by atoms with Crippen LogP contribution in [0, 0.1) is 11.3 Å². The van der Waals surface area contributed by atoms with Crippen LogP contribution in [0.2, 0.25) is 0 Å². The summed E-state index contributed by atoms with van der Waals surface area (Å²) >= 11 is 1.05. The summed E-state index contributed by atoms with van der Waals surface area (Å²) in [7, 11) is 1.22. The molecule has 8 nitrogen and oxygen atoms in total. The number of esters is 1. The maximum Gasteiger partial charge on any atom is 0.337 e. The highest BCUT2D eigenvalue weighted by Crippen LogP contribution is 2.37. The normalized spacial score (nSPS) is 15.9. The zero-order valence-electron chi connectivity index (χ0n) is 16.8. The molecular formula is C23H17N3O5S. The van der Waals surface area contributed by atoms with Gasteiger partial charge >= 0.3 is 5.97 Å². The van der Waals surface area contributed by atoms with E-state index in [-0.39, 0.29) is 33.1 Å². The fourth-order valence-corrected chi connectivity index (χ4v) is 4.74. The number of ether oxygens (including phenoxy) is 1. The zero-order valence-corrected chi connectivity index (χ0v) is 17.6. The van der Waals surface area contributed by atoms with Gasteiger partial charge in [0.15, 0.2) is 0 Å². The molecule has 3 aromatic rings. The van der Waals surface area contributed by atoms with Crippen LogP contribution in [-0.4, -0.2) is 27.9 Å². The van der Waals surface area contributed by atoms with Gasteiger partial charge in [-0.3, -0.25) is 9.36 Å². The molecule has 2 heterocycles. The first-order valence-electron chi connectivity index (χ1n) is 9.40. The van der Waals surface area contributed by atoms with E-state index < -0.39 is 17.4 Å². The standard InChI is InChI=1S/C23H17N3O5S/c1-31-23(30)19-18(13-4-8-15(28)9-5-13)16(11-24)20(25)26-21(29)17(32-22(19)26)10-12-2-6-14(27)7-3-12/h2-10,18,27-28H,25H2,1H3/b17-10+/t18-/m1/s1. The Kier molecular flexibility index (Phi) is 5.30. The predicted molar refractivity (Wildman–Crippen MR) is 119 cm³/mol. The molecule has 4 N–H and O–H groups in total. The van der Waals surface area contributed by atoms with Crippen molar-refractivity contribution in [2.75, 3.05) is 7.11 Å². The molecule has 0 amide bonds. The number of nitrogens with two attached hydrogens (primary N) is 1. The van der Waals surface area contributed by atoms with Gasteiger partial charge < -0.3 is 20.7 Å². The van der Waals surface area contributed by atoms with Crippen molar-refractivity contribution in [1.29, 1.82) is 5.26 Å². The van der Waals surface area contributed by atoms with Gasteiger partial charge in [0.05, 0.1) is 34.8 Å². The van der Waals surface area contributed by atoms with Gasteiger partial charge in [-0.05, 0) is 41.5 Å². The molecule has 1 aromatic heterocycles. The number of aromatic hydroxyl groups is 2. The molecule has 1 aliphatic rings. The van der Waals surface area contributed by atoms with E-state index in [2.05, 4.69) is 0 Å². The molecule has 0 aliphatic carbocycles. The van der Waals surface area contributed by atoms with Crippen LogP contribution in [0.3, 0.4) is 0 Å². The van der Waals surface area contributed by atoms with Gasteiger partial charge in [-0.25, -0.2) is 4.79 Å². The first kappa shape index (κ1) is 21.0. The number of phenols is 2. The zero-order chi connectivity index (χ0) is 23.0. The highest BCUT2D eigenvalue weighted by molar-refractivity contribution is 7.07. The van der Waals surface area contributed by atoms with Crippen molar-refractivity contribution < 1.29 is 19.7 Å². The summed E-state index contributed by atoms with van der Waals surface area (Å²) in [4.78, 5) is 26.0. The Labute approximate surface area is 185 Å². The number of aromatic nitrogens is 1. The molecule has 2 aromatic carbocycles. The van der Waals surface area contributed by atoms with Crippen LogP contribution in [0.4, 0.5) is 0 Å². The van der Waals surface area contributed by atoms with Crippen LogP contribution in [0.25, 0.3) is 17.5 Å². The number of nitrogens with zero attached hydrogens (tertiary/aromatic N) is 2. The van der Waals surface area contributed by atoms with Crippen LogP contribution in [0.5, 0.6) is 11.5 Å². The van der Waals surface area contributed by atoms with Crippen LogP contribution in [0.1, 0.15) is 17.0 Å². The van der Waals surface area contributed by atoms with Gasteiger partial charge in [0.25, 0.3) is 5.56 Å². The van der Waals surface area contributed by atoms with Crippen molar-refractivity contribution in [3.8, 4) is 17.6 Å². The van der Waals surface area contributed by atoms with Crippen LogP contribution in [0.15, 0.2) is 58.9 Å². The Bertz CT molecular complexity index is 1470. The van der Waals surface area contributed by atoms with Crippen LogP contribution >= 0.6 is 11.3 Å². The first-order chi connectivity index (χ1) is 15.3. The monoisotopic (exact) mass is 447 g/mol. The molecule has 0 bridgehead atoms. The number of benzene rings is 2. The minimum Gasteiger partial charge on any atom is -0.508 e. The lowest BCUT2D eigenvalue weighted by molar-refractivity contribution is -0.134. The molecule has 32 heavy (non-hydrogen) atoms. The van der Waals surface area contributed by atoms with Crippen molar-refractivity contribution in [3.63, 3.8) is 0 Å². The summed E-state index contributed by atoms with van der Waals surface area (Å²) in [6, 6.07) is 14.3. The molecule has 160 valence electrons. The second kappa shape index (κ2) is 8.09. The van der Waals surface area contributed by atoms with Crippen molar-refractivity contribution in [2.24, 2.45) is 5.73 Å². The molecule has 0 saturated heterocycles. The van der Waals surface area contributed by atoms with Gasteiger partial charge in [-0.15, -0.1) is 11.3 Å². The second-order valence-electron chi connectivity index (χ2n) is 6.99. The Morgan fingerprint density at radius 2 is 1.75 bits per heavy atom. The van der Waals surface area contributed by atoms with Crippen molar-refractivity contribution >= 4 is 34.8 Å². The van der Waals surface area contributed by atoms with Crippen LogP contribution < -0.4 is 20.5 Å². The smallest absolute Gasteiger partial charge is 0.337 e. The largest absolute Gasteiger partial charge is 0.508 e. The third-order valence-corrected chi connectivity index (χ3v) is 6.20. The summed E-state index contributed by atoms with van der Waals surface area (Å²) in [6.07, 6.45) is 1.61. The van der Waals surface area contributed by atoms with E-state index >= 15 is 0 Å². The van der Waals surface area contributed by atoms with E-state index in [1.54, 1.807) is 30.3 Å². The Hall–Kier alpha value is -4.29. The Morgan fingerprint density at radius 3 is 2.31 bits per heavy atom. The molecule has 1 atom stereocenters. The maximum absolute atomic E-state index is 13.2. The highest BCUT2D eigenvalue weighted by Gasteiger charge is 2.36. The Balaban J connectivity index is 2.08. The second-order valence-corrected chi connectivity index (χ2v) is 8.02. The van der Waals surface area contributed by atoms with Crippen LogP contribution in [-0.2, 0) is 9.53 Å². The number of fused-ring (bicyclic) bond motifs is 1. The van der Waals surface area contributed by atoms with E-state index in [1.165, 1.54) is 31.4 Å². The minimum absolute atomic E-state index is 0.0263. The fourth-order valence-electron chi connectivity index (χ4n) is 3.58. The quantitative estimate of drug-likeness (QED) is 0.508. The summed E-state index contributed by atoms with van der Waals surface area (Å²) in [5.74, 6) is -1.52. The van der Waals surface area contributed by atoms with Gasteiger partial charge in [0.2, 0.25) is 0 Å². The number of hydrogen-bond acceptors (Lipinski definition) is 8. The number of allylic oxidation sites excluding steroid dienone is 1. The molecule has 0 saturated carbocycles. The number of carbonyl (C=O) groups excluding carboxylic acids is 1. The SMILES string of the molecule is COC(=O)C1=c2s/c(=C/c3ccc(O)cc3)c(=O)n2C(N)=C(C#N)[C@H]1c1ccc(O)cc1. The van der Waals surface area contributed by atoms with E-state index in [0.717, 1.165) is 15.9 Å². The average molecular weight is 447 g/mol. The molecule has 0 radical (unpaired) electrons. The number of carbonyl (C=O) groups is 1. The van der Waals surface area contributed by atoms with E-state index in [4.69, 9.17) is 10.5 Å². The molecular weight excluding hydrogens is 430 g/mol. The number of rotatable bonds is 3. The van der Waals surface area contributed by atoms with Crippen molar-refractivity contribution in [3.05, 3.63) is 84.8 Å². The highest BCUT2D eigenvalue weighted by atomic mass is 32.1. The third-order valence-electron chi connectivity index (χ3n) is 5.09. The average Bonchev–Trinajstić information content (AvgIpc) is 3.11. The van der Waals surface area contributed by atoms with Gasteiger partial charge in [-0.1, -0.05) is 24.3 Å². The lowest BCUT2D eigenvalue weighted by Gasteiger charge is -2.24. The third kappa shape index (κ3) is 3.42. The molecule has 0 unspecified atom stereocenters. The number of nitriles is 1. The minimum atomic E-state index is -0.868. The molecule has 1 aliphatic heterocycles. The lowest BCUT2D eigenvalue weighted by Crippen LogP contribution is -2.40. The van der Waals surface area contributed by atoms with Gasteiger partial charge in [0, 0.05) is 0 Å². The van der Waals surface area contributed by atoms with Gasteiger partial charge in [0.1, 0.15) is 22.0 Å². The molecule has 9 heteroatoms. The number of thiazole rings is 1. The Morgan fingerprint density at radius 1 is 1.16 bits per heavy atom. The first-order valence-corrected chi connectivity index (χ1v) is 10.2. The summed E-state index contributed by atoms with van der Waals surface area (Å²) in [5.41, 5.74) is 7.12. The van der Waals surface area contributed by atoms with E-state index in [0.29, 0.717) is 15.7 Å². The van der Waals surface area contributed by atoms with Gasteiger partial charge in [-0.2, -0.15) is 5.26 Å². The summed E-state index contributed by atoms with van der Waals surface area (Å²) < 4.78 is 6.69. The number of methoxy groups -OCH3 is 1. The summed E-state index contributed by atoms with van der Waals surface area (Å²) in [6.45, 7) is 0. The number of hydrogen-bond donors (Lipinski definition) is 3. The van der Waals surface area contributed by atoms with E-state index in [9.17, 15) is 25.1 Å². The fraction of sp³-hybridized carbons (Fsp3) is 0.0870. The molecule has 4 rings (SSSR count). The van der Waals surface area contributed by atoms with E-state index in [1.807, 2.05) is 6.07 Å². The molecule has 0 spiro atoms. The molecule has 0 fully saturated rings. The van der Waals surface area contributed by atoms with Crippen molar-refractivity contribution in [2.45, 2.75) is 5.92 Å². The summed E-state index contributed by atoms with van der Waals surface area (Å²) in [5, 5.41) is 29.0. The predicted octanol–water partition coefficient (Wildman–Crippen LogP) is 0.922. The topological polar surface area (TPSA) is 139 Å². The van der Waals surface area contributed by atoms with Crippen molar-refractivity contribution in [1.82, 2.24) is 4.57 Å². The lowest BCUT2D eigenvalue weighted by atomic mass is 9.84. The maximum atomic E-state index is 13.2. The number of phenolic OH excluding ortho intramolecular Hbond substituents is 2.